The molecule has 0 rings (SSSR count). The summed E-state index contributed by atoms with van der Waals surface area (Å²) in [7, 11) is 1.38. The lowest BCUT2D eigenvalue weighted by Crippen LogP contribution is -2.37. The van der Waals surface area contributed by atoms with Gasteiger partial charge in [0.2, 0.25) is 0 Å². The van der Waals surface area contributed by atoms with Gasteiger partial charge in [-0.1, -0.05) is 258 Å². The molecule has 0 aromatic heterocycles. The number of likely N-dealkylation sites (N-methyl/N-ethyl adjacent to an activating group) is 1. The average molecular weight is 902 g/mol. The van der Waals surface area contributed by atoms with Crippen LogP contribution in [0.4, 0.5) is 0 Å². The van der Waals surface area contributed by atoms with Crippen LogP contribution in [-0.2, 0) is 27.9 Å². The van der Waals surface area contributed by atoms with Crippen LogP contribution in [0, 0.1) is 0 Å². The molecule has 8 nitrogen and oxygen atoms in total. The number of phosphoric acid groups is 1. The van der Waals surface area contributed by atoms with Crippen LogP contribution in [0.3, 0.4) is 0 Å². The van der Waals surface area contributed by atoms with Gasteiger partial charge < -0.3 is 27.9 Å². The number of rotatable bonds is 52. The number of phosphoric ester groups is 1. The van der Waals surface area contributed by atoms with Crippen LogP contribution < -0.4 is 4.89 Å². The molecule has 0 N–H and O–H groups in total. The van der Waals surface area contributed by atoms with E-state index in [4.69, 9.17) is 18.5 Å². The first-order valence-electron chi connectivity index (χ1n) is 27.3. The maximum atomic E-state index is 12.8. The molecule has 0 heterocycles. The van der Waals surface area contributed by atoms with E-state index in [1.807, 2.05) is 21.1 Å². The smallest absolute Gasteiger partial charge is 0.306 e. The lowest BCUT2D eigenvalue weighted by atomic mass is 10.0. The fourth-order valence-corrected chi connectivity index (χ4v) is 8.93. The lowest BCUT2D eigenvalue weighted by Gasteiger charge is -2.28. The highest BCUT2D eigenvalue weighted by molar-refractivity contribution is 7.45. The van der Waals surface area contributed by atoms with E-state index in [1.54, 1.807) is 0 Å². The van der Waals surface area contributed by atoms with E-state index in [-0.39, 0.29) is 25.8 Å². The number of carbonyl (C=O) groups excluding carboxylic acids is 1. The van der Waals surface area contributed by atoms with Crippen molar-refractivity contribution >= 4 is 13.8 Å². The highest BCUT2D eigenvalue weighted by atomic mass is 31.2. The van der Waals surface area contributed by atoms with Gasteiger partial charge in [-0.05, 0) is 12.8 Å². The van der Waals surface area contributed by atoms with E-state index in [2.05, 4.69) is 13.8 Å². The molecule has 0 saturated carbocycles. The molecule has 0 aliphatic rings. The van der Waals surface area contributed by atoms with Gasteiger partial charge in [0, 0.05) is 13.0 Å². The lowest BCUT2D eigenvalue weighted by molar-refractivity contribution is -0.870. The summed E-state index contributed by atoms with van der Waals surface area (Å²) in [5.74, 6) is -0.324. The third-order valence-electron chi connectivity index (χ3n) is 12.4. The van der Waals surface area contributed by atoms with E-state index in [0.29, 0.717) is 24.1 Å². The Bertz CT molecular complexity index is 961. The quantitative estimate of drug-likeness (QED) is 0.0260. The van der Waals surface area contributed by atoms with Crippen LogP contribution in [-0.4, -0.2) is 70.7 Å². The zero-order chi connectivity index (χ0) is 45.5. The van der Waals surface area contributed by atoms with Gasteiger partial charge in [0.15, 0.2) is 0 Å². The van der Waals surface area contributed by atoms with Crippen molar-refractivity contribution in [3.63, 3.8) is 0 Å². The number of carbonyl (C=O) groups is 1. The van der Waals surface area contributed by atoms with Gasteiger partial charge in [-0.15, -0.1) is 0 Å². The second kappa shape index (κ2) is 47.0. The van der Waals surface area contributed by atoms with Gasteiger partial charge >= 0.3 is 5.97 Å². The molecule has 0 aromatic rings. The van der Waals surface area contributed by atoms with Gasteiger partial charge in [-0.2, -0.15) is 0 Å². The first kappa shape index (κ1) is 61.5. The molecule has 0 saturated heterocycles. The van der Waals surface area contributed by atoms with Crippen LogP contribution in [0.15, 0.2) is 0 Å². The Morgan fingerprint density at radius 2 is 0.742 bits per heavy atom. The molecular weight excluding hydrogens is 794 g/mol. The molecule has 2 unspecified atom stereocenters. The Balaban J connectivity index is 4.02. The minimum Gasteiger partial charge on any atom is -0.756 e. The highest BCUT2D eigenvalue weighted by Gasteiger charge is 2.20. The van der Waals surface area contributed by atoms with Crippen molar-refractivity contribution in [3.05, 3.63) is 0 Å². The third-order valence-corrected chi connectivity index (χ3v) is 13.4. The molecule has 0 amide bonds. The Hall–Kier alpha value is -0.500. The van der Waals surface area contributed by atoms with Gasteiger partial charge in [0.05, 0.1) is 34.4 Å². The standard InChI is InChI=1S/C53H108NO7P/c1-6-8-10-12-14-16-18-20-22-24-25-26-27-28-29-30-31-32-34-36-38-40-42-44-46-53(55)61-52(51-60-62(56,57)59-49-47-54(3,4)5)50-58-48-45-43-41-39-37-35-33-23-21-19-17-15-13-11-9-7-2/h52H,6-51H2,1-5H3. The summed E-state index contributed by atoms with van der Waals surface area (Å²) in [6.07, 6.45) is 52.8. The summed E-state index contributed by atoms with van der Waals surface area (Å²) in [4.78, 5) is 25.2. The number of hydrogen-bond acceptors (Lipinski definition) is 7. The Morgan fingerprint density at radius 1 is 0.435 bits per heavy atom. The molecule has 62 heavy (non-hydrogen) atoms. The van der Waals surface area contributed by atoms with Gasteiger partial charge in [-0.3, -0.25) is 9.36 Å². The van der Waals surface area contributed by atoms with Crippen molar-refractivity contribution in [2.45, 2.75) is 283 Å². The topological polar surface area (TPSA) is 94.1 Å². The molecule has 0 aliphatic heterocycles. The molecule has 2 atom stereocenters. The van der Waals surface area contributed by atoms with Gasteiger partial charge in [0.1, 0.15) is 19.3 Å². The molecule has 0 spiro atoms. The Kier molecular flexibility index (Phi) is 46.6. The summed E-state index contributed by atoms with van der Waals surface area (Å²) < 4.78 is 34.8. The van der Waals surface area contributed by atoms with Gasteiger partial charge in [-0.25, -0.2) is 0 Å². The van der Waals surface area contributed by atoms with E-state index in [1.165, 1.54) is 225 Å². The van der Waals surface area contributed by atoms with Crippen molar-refractivity contribution in [2.75, 3.05) is 54.1 Å². The molecule has 0 aliphatic carbocycles. The summed E-state index contributed by atoms with van der Waals surface area (Å²) in [6.45, 7) is 5.50. The number of hydrogen-bond donors (Lipinski definition) is 0. The van der Waals surface area contributed by atoms with Crippen molar-refractivity contribution in [3.8, 4) is 0 Å². The summed E-state index contributed by atoms with van der Waals surface area (Å²) in [5.41, 5.74) is 0. The predicted molar refractivity (Wildman–Crippen MR) is 264 cm³/mol. The van der Waals surface area contributed by atoms with Crippen LogP contribution in [0.2, 0.25) is 0 Å². The Morgan fingerprint density at radius 3 is 1.06 bits per heavy atom. The highest BCUT2D eigenvalue weighted by Crippen LogP contribution is 2.38. The van der Waals surface area contributed by atoms with E-state index >= 15 is 0 Å². The predicted octanol–water partition coefficient (Wildman–Crippen LogP) is 16.2. The largest absolute Gasteiger partial charge is 0.756 e. The second-order valence-electron chi connectivity index (χ2n) is 20.0. The monoisotopic (exact) mass is 902 g/mol. The number of unbranched alkanes of at least 4 members (excludes halogenated alkanes) is 38. The fourth-order valence-electron chi connectivity index (χ4n) is 8.20. The second-order valence-corrected chi connectivity index (χ2v) is 21.4. The van der Waals surface area contributed by atoms with Crippen LogP contribution >= 0.6 is 7.82 Å². The van der Waals surface area contributed by atoms with Crippen LogP contribution in [0.5, 0.6) is 0 Å². The third kappa shape index (κ3) is 50.5. The number of esters is 1. The van der Waals surface area contributed by atoms with E-state index in [9.17, 15) is 14.3 Å². The van der Waals surface area contributed by atoms with Crippen LogP contribution in [0.1, 0.15) is 277 Å². The van der Waals surface area contributed by atoms with Crippen molar-refractivity contribution in [2.24, 2.45) is 0 Å². The SMILES string of the molecule is CCCCCCCCCCCCCCCCCCCCCCCCCCC(=O)OC(COCCCCCCCCCCCCCCCCCC)COP(=O)([O-])OCC[N+](C)(C)C. The van der Waals surface area contributed by atoms with E-state index in [0.717, 1.165) is 32.1 Å². The summed E-state index contributed by atoms with van der Waals surface area (Å²) in [5, 5.41) is 0. The number of nitrogens with zero attached hydrogens (tertiary/aromatic N) is 1. The molecule has 0 bridgehead atoms. The molecule has 9 heteroatoms. The molecule has 0 radical (unpaired) electrons. The molecule has 0 fully saturated rings. The van der Waals surface area contributed by atoms with Crippen LogP contribution in [0.25, 0.3) is 0 Å². The van der Waals surface area contributed by atoms with Crippen molar-refractivity contribution in [1.29, 1.82) is 0 Å². The maximum absolute atomic E-state index is 12.8. The molecular formula is C53H108NO7P. The fraction of sp³-hybridized carbons (Fsp3) is 0.981. The normalized spacial score (nSPS) is 13.5. The number of ether oxygens (including phenoxy) is 2. The molecule has 372 valence electrons. The average Bonchev–Trinajstić information content (AvgIpc) is 3.23. The first-order valence-corrected chi connectivity index (χ1v) is 28.7. The van der Waals surface area contributed by atoms with Crippen molar-refractivity contribution in [1.82, 2.24) is 0 Å². The Labute approximate surface area is 387 Å². The first-order chi connectivity index (χ1) is 30.1. The molecule has 0 aromatic carbocycles. The van der Waals surface area contributed by atoms with E-state index < -0.39 is 13.9 Å². The summed E-state index contributed by atoms with van der Waals surface area (Å²) >= 11 is 0. The maximum Gasteiger partial charge on any atom is 0.306 e. The zero-order valence-corrected chi connectivity index (χ0v) is 43.3. The summed E-state index contributed by atoms with van der Waals surface area (Å²) in [6, 6.07) is 0. The number of quaternary nitrogens is 1. The van der Waals surface area contributed by atoms with Crippen molar-refractivity contribution < 1.29 is 37.3 Å². The zero-order valence-electron chi connectivity index (χ0n) is 42.4. The minimum absolute atomic E-state index is 0.0318. The van der Waals surface area contributed by atoms with Gasteiger partial charge in [0.25, 0.3) is 7.82 Å². The minimum atomic E-state index is -4.52.